The largest absolute Gasteiger partial charge is 0.356 e. The molecule has 0 bridgehead atoms. The van der Waals surface area contributed by atoms with Crippen molar-refractivity contribution in [2.24, 2.45) is 5.92 Å². The van der Waals surface area contributed by atoms with Crippen molar-refractivity contribution in [2.75, 3.05) is 6.54 Å². The molecule has 2 fully saturated rings. The minimum Gasteiger partial charge on any atom is -0.356 e. The van der Waals surface area contributed by atoms with Gasteiger partial charge < -0.3 is 5.32 Å². The van der Waals surface area contributed by atoms with Crippen LogP contribution in [-0.2, 0) is 11.2 Å². The summed E-state index contributed by atoms with van der Waals surface area (Å²) in [6.07, 6.45) is 11.3. The van der Waals surface area contributed by atoms with Crippen LogP contribution in [0.15, 0.2) is 12.3 Å². The van der Waals surface area contributed by atoms with Gasteiger partial charge in [-0.3, -0.25) is 9.48 Å². The topological polar surface area (TPSA) is 46.9 Å². The van der Waals surface area contributed by atoms with Crippen molar-refractivity contribution in [2.45, 2.75) is 57.4 Å². The number of hydrogen-bond acceptors (Lipinski definition) is 2. The molecule has 0 radical (unpaired) electrons. The molecule has 1 aromatic rings. The van der Waals surface area contributed by atoms with Crippen LogP contribution in [0.25, 0.3) is 0 Å². The average Bonchev–Trinajstić information content (AvgIpc) is 3.03. The Morgan fingerprint density at radius 3 is 2.84 bits per heavy atom. The van der Waals surface area contributed by atoms with E-state index < -0.39 is 0 Å². The monoisotopic (exact) mass is 261 g/mol. The molecular formula is C15H23N3O. The maximum atomic E-state index is 11.9. The second-order valence-electron chi connectivity index (χ2n) is 5.91. The number of nitrogens with zero attached hydrogens (tertiary/aromatic N) is 2. The van der Waals surface area contributed by atoms with Crippen molar-refractivity contribution in [3.05, 3.63) is 18.0 Å². The van der Waals surface area contributed by atoms with E-state index in [9.17, 15) is 4.79 Å². The molecule has 1 aliphatic heterocycles. The summed E-state index contributed by atoms with van der Waals surface area (Å²) in [6.45, 7) is 0.839. The van der Waals surface area contributed by atoms with Gasteiger partial charge in [-0.05, 0) is 31.7 Å². The van der Waals surface area contributed by atoms with Gasteiger partial charge in [-0.25, -0.2) is 0 Å². The Morgan fingerprint density at radius 2 is 2.00 bits per heavy atom. The van der Waals surface area contributed by atoms with Crippen molar-refractivity contribution in [1.82, 2.24) is 15.1 Å². The molecule has 1 amide bonds. The SMILES string of the molecule is O=C1NCCCCC1Cc1ccn(C2CCCC2)n1. The van der Waals surface area contributed by atoms with Crippen LogP contribution in [0.2, 0.25) is 0 Å². The molecule has 0 spiro atoms. The molecular weight excluding hydrogens is 238 g/mol. The number of carbonyl (C=O) groups excluding carboxylic acids is 1. The first-order chi connectivity index (χ1) is 9.33. The highest BCUT2D eigenvalue weighted by Crippen LogP contribution is 2.29. The third-order valence-electron chi connectivity index (χ3n) is 4.47. The van der Waals surface area contributed by atoms with E-state index in [4.69, 9.17) is 0 Å². The van der Waals surface area contributed by atoms with Gasteiger partial charge in [-0.2, -0.15) is 5.10 Å². The van der Waals surface area contributed by atoms with Gasteiger partial charge in [0.1, 0.15) is 0 Å². The molecule has 1 unspecified atom stereocenters. The van der Waals surface area contributed by atoms with Crippen molar-refractivity contribution in [3.8, 4) is 0 Å². The molecule has 4 nitrogen and oxygen atoms in total. The van der Waals surface area contributed by atoms with Crippen LogP contribution < -0.4 is 5.32 Å². The van der Waals surface area contributed by atoms with Crippen molar-refractivity contribution < 1.29 is 4.79 Å². The highest BCUT2D eigenvalue weighted by Gasteiger charge is 2.23. The molecule has 1 aliphatic carbocycles. The maximum absolute atomic E-state index is 11.9. The van der Waals surface area contributed by atoms with Gasteiger partial charge in [0.15, 0.2) is 0 Å². The summed E-state index contributed by atoms with van der Waals surface area (Å²) < 4.78 is 2.12. The van der Waals surface area contributed by atoms with Gasteiger partial charge >= 0.3 is 0 Å². The molecule has 1 saturated heterocycles. The van der Waals surface area contributed by atoms with E-state index in [2.05, 4.69) is 27.4 Å². The Labute approximate surface area is 114 Å². The standard InChI is InChI=1S/C15H23N3O/c19-15-12(5-3-4-9-16-15)11-13-8-10-18(17-13)14-6-1-2-7-14/h8,10,12,14H,1-7,9,11H2,(H,16,19). The van der Waals surface area contributed by atoms with Crippen molar-refractivity contribution >= 4 is 5.91 Å². The third-order valence-corrected chi connectivity index (χ3v) is 4.47. The second kappa shape index (κ2) is 5.76. The Bertz CT molecular complexity index is 434. The van der Waals surface area contributed by atoms with E-state index in [-0.39, 0.29) is 11.8 Å². The second-order valence-corrected chi connectivity index (χ2v) is 5.91. The first-order valence-electron chi connectivity index (χ1n) is 7.64. The van der Waals surface area contributed by atoms with Crippen LogP contribution in [0.4, 0.5) is 0 Å². The molecule has 2 heterocycles. The summed E-state index contributed by atoms with van der Waals surface area (Å²) in [4.78, 5) is 11.9. The molecule has 4 heteroatoms. The van der Waals surface area contributed by atoms with Gasteiger partial charge in [0, 0.05) is 25.1 Å². The zero-order chi connectivity index (χ0) is 13.1. The third kappa shape index (κ3) is 2.99. The number of hydrogen-bond donors (Lipinski definition) is 1. The molecule has 19 heavy (non-hydrogen) atoms. The van der Waals surface area contributed by atoms with Crippen LogP contribution in [0.3, 0.4) is 0 Å². The van der Waals surface area contributed by atoms with Crippen LogP contribution in [0.5, 0.6) is 0 Å². The zero-order valence-electron chi connectivity index (χ0n) is 11.5. The molecule has 1 N–H and O–H groups in total. The maximum Gasteiger partial charge on any atom is 0.223 e. The van der Waals surface area contributed by atoms with Gasteiger partial charge in [0.2, 0.25) is 5.91 Å². The first-order valence-corrected chi connectivity index (χ1v) is 7.64. The Hall–Kier alpha value is -1.32. The average molecular weight is 261 g/mol. The summed E-state index contributed by atoms with van der Waals surface area (Å²) in [6, 6.07) is 2.69. The van der Waals surface area contributed by atoms with E-state index >= 15 is 0 Å². The minimum absolute atomic E-state index is 0.120. The molecule has 1 atom stereocenters. The lowest BCUT2D eigenvalue weighted by atomic mass is 9.97. The number of carbonyl (C=O) groups is 1. The van der Waals surface area contributed by atoms with Crippen LogP contribution in [0, 0.1) is 5.92 Å². The van der Waals surface area contributed by atoms with Crippen LogP contribution >= 0.6 is 0 Å². The Balaban J connectivity index is 1.64. The van der Waals surface area contributed by atoms with E-state index in [1.54, 1.807) is 0 Å². The van der Waals surface area contributed by atoms with E-state index in [1.807, 2.05) is 0 Å². The van der Waals surface area contributed by atoms with Crippen molar-refractivity contribution in [1.29, 1.82) is 0 Å². The van der Waals surface area contributed by atoms with Gasteiger partial charge in [-0.1, -0.05) is 19.3 Å². The van der Waals surface area contributed by atoms with Gasteiger partial charge in [0.05, 0.1) is 11.7 Å². The molecule has 1 saturated carbocycles. The molecule has 2 aliphatic rings. The van der Waals surface area contributed by atoms with E-state index in [0.29, 0.717) is 6.04 Å². The zero-order valence-corrected chi connectivity index (χ0v) is 11.5. The number of aromatic nitrogens is 2. The fourth-order valence-electron chi connectivity index (χ4n) is 3.31. The molecule has 3 rings (SSSR count). The van der Waals surface area contributed by atoms with Gasteiger partial charge in [-0.15, -0.1) is 0 Å². The highest BCUT2D eigenvalue weighted by molar-refractivity contribution is 5.79. The minimum atomic E-state index is 0.120. The summed E-state index contributed by atoms with van der Waals surface area (Å²) in [5, 5.41) is 7.69. The number of nitrogens with one attached hydrogen (secondary N) is 1. The summed E-state index contributed by atoms with van der Waals surface area (Å²) in [5.74, 6) is 0.336. The van der Waals surface area contributed by atoms with Crippen molar-refractivity contribution in [3.63, 3.8) is 0 Å². The lowest BCUT2D eigenvalue weighted by Crippen LogP contribution is -2.30. The lowest BCUT2D eigenvalue weighted by molar-refractivity contribution is -0.124. The van der Waals surface area contributed by atoms with Crippen LogP contribution in [-0.4, -0.2) is 22.2 Å². The fourth-order valence-corrected chi connectivity index (χ4v) is 3.31. The lowest BCUT2D eigenvalue weighted by Gasteiger charge is -2.12. The Morgan fingerprint density at radius 1 is 1.21 bits per heavy atom. The summed E-state index contributed by atoms with van der Waals surface area (Å²) in [7, 11) is 0. The van der Waals surface area contributed by atoms with E-state index in [0.717, 1.165) is 37.9 Å². The first kappa shape index (κ1) is 12.7. The normalized spacial score (nSPS) is 25.3. The molecule has 104 valence electrons. The predicted octanol–water partition coefficient (Wildman–Crippen LogP) is 2.46. The molecule has 0 aromatic carbocycles. The summed E-state index contributed by atoms with van der Waals surface area (Å²) in [5.41, 5.74) is 1.08. The number of amides is 1. The molecule has 1 aromatic heterocycles. The van der Waals surface area contributed by atoms with Gasteiger partial charge in [0.25, 0.3) is 0 Å². The predicted molar refractivity (Wildman–Crippen MR) is 73.8 cm³/mol. The fraction of sp³-hybridized carbons (Fsp3) is 0.733. The Kier molecular flexibility index (Phi) is 3.85. The smallest absolute Gasteiger partial charge is 0.223 e. The van der Waals surface area contributed by atoms with Crippen LogP contribution in [0.1, 0.15) is 56.7 Å². The number of rotatable bonds is 3. The van der Waals surface area contributed by atoms with E-state index in [1.165, 1.54) is 25.7 Å². The quantitative estimate of drug-likeness (QED) is 0.908. The summed E-state index contributed by atoms with van der Waals surface area (Å²) >= 11 is 0. The highest BCUT2D eigenvalue weighted by atomic mass is 16.1.